The van der Waals surface area contributed by atoms with Crippen LogP contribution in [0, 0.1) is 11.8 Å². The predicted octanol–water partition coefficient (Wildman–Crippen LogP) is 3.26. The molecule has 11 heteroatoms. The normalized spacial score (nSPS) is 10.3. The van der Waals surface area contributed by atoms with Crippen molar-refractivity contribution in [1.29, 1.82) is 0 Å². The van der Waals surface area contributed by atoms with E-state index in [9.17, 15) is 0 Å². The summed E-state index contributed by atoms with van der Waals surface area (Å²) in [6.45, 7) is 5.87. The van der Waals surface area contributed by atoms with E-state index in [1.165, 1.54) is 25.7 Å². The van der Waals surface area contributed by atoms with E-state index in [0.29, 0.717) is 0 Å². The molecule has 0 radical (unpaired) electrons. The second kappa shape index (κ2) is 21.7. The van der Waals surface area contributed by atoms with Gasteiger partial charge in [0, 0.05) is 19.5 Å². The maximum absolute atomic E-state index is 7.56. The molecule has 0 aromatic carbocycles. The summed E-state index contributed by atoms with van der Waals surface area (Å²) in [6.07, 6.45) is 5.32. The molecule has 142 valence electrons. The van der Waals surface area contributed by atoms with Crippen LogP contribution in [0.25, 0.3) is 0 Å². The minimum absolute atomic E-state index is 0. The zero-order valence-corrected chi connectivity index (χ0v) is 21.5. The van der Waals surface area contributed by atoms with Gasteiger partial charge in [0.1, 0.15) is 0 Å². The average Bonchev–Trinajstić information content (AvgIpc) is 2.33. The van der Waals surface area contributed by atoms with Gasteiger partial charge in [0.25, 0.3) is 0 Å². The molecule has 0 fully saturated rings. The summed E-state index contributed by atoms with van der Waals surface area (Å²) in [4.78, 5) is 45.3. The second-order valence-corrected chi connectivity index (χ2v) is 9.86. The predicted molar refractivity (Wildman–Crippen MR) is 101 cm³/mol. The van der Waals surface area contributed by atoms with Gasteiger partial charge in [0.2, 0.25) is 0 Å². The molecule has 0 saturated heterocycles. The Hall–Kier alpha value is 1.68. The topological polar surface area (TPSA) is 121 Å². The quantitative estimate of drug-likeness (QED) is 0.276. The molecule has 0 amide bonds. The van der Waals surface area contributed by atoms with E-state index in [1.807, 2.05) is 0 Å². The summed E-state index contributed by atoms with van der Waals surface area (Å²) >= 11 is 7.21. The molecule has 0 aliphatic heterocycles. The molecule has 0 rings (SSSR count). The Morgan fingerprint density at radius 2 is 0.696 bits per heavy atom. The minimum atomic E-state index is -3.81. The van der Waals surface area contributed by atoms with Gasteiger partial charge in [-0.15, -0.1) is 0 Å². The Balaban J connectivity index is -0.0000000620. The van der Waals surface area contributed by atoms with Crippen molar-refractivity contribution in [2.24, 2.45) is 11.8 Å². The Morgan fingerprint density at radius 3 is 0.696 bits per heavy atom. The first kappa shape index (κ1) is 35.7. The zero-order valence-electron chi connectivity index (χ0n) is 15.1. The van der Waals surface area contributed by atoms with Crippen LogP contribution < -0.4 is 0 Å². The standard InChI is InChI=1S/2C6H14.2H3O3PS.Zn/c2*1-4-6(3)5-2;2*1-4(2,3)5;/h2*6H,4-5H2,1-3H3;2*(H3,1,2,3,5);. The number of rotatable bonds is 4. The van der Waals surface area contributed by atoms with E-state index in [0.717, 1.165) is 11.8 Å². The van der Waals surface area contributed by atoms with E-state index >= 15 is 0 Å². The third kappa shape index (κ3) is 119. The maximum atomic E-state index is 7.56. The van der Waals surface area contributed by atoms with Crippen molar-refractivity contribution in [3.05, 3.63) is 0 Å². The largest absolute Gasteiger partial charge is 0.325 e. The van der Waals surface area contributed by atoms with Crippen LogP contribution in [0.4, 0.5) is 0 Å². The molecule has 0 atom stereocenters. The van der Waals surface area contributed by atoms with Gasteiger partial charge in [-0.25, -0.2) is 0 Å². The Kier molecular flexibility index (Phi) is 33.8. The third-order valence-corrected chi connectivity index (χ3v) is 2.79. The van der Waals surface area contributed by atoms with E-state index in [1.54, 1.807) is 0 Å². The molecule has 0 saturated carbocycles. The molecular weight excluding hydrogens is 432 g/mol. The van der Waals surface area contributed by atoms with Gasteiger partial charge in [-0.2, -0.15) is 0 Å². The molecule has 0 aromatic rings. The maximum Gasteiger partial charge on any atom is 0.319 e. The summed E-state index contributed by atoms with van der Waals surface area (Å²) in [5.74, 6) is 1.87. The van der Waals surface area contributed by atoms with E-state index in [-0.39, 0.29) is 19.5 Å². The van der Waals surface area contributed by atoms with Crippen molar-refractivity contribution in [1.82, 2.24) is 0 Å². The number of hydrogen-bond donors (Lipinski definition) is 6. The summed E-state index contributed by atoms with van der Waals surface area (Å²) in [5, 5.41) is 0. The molecule has 0 heterocycles. The van der Waals surface area contributed by atoms with Gasteiger partial charge < -0.3 is 29.4 Å². The molecule has 0 aromatic heterocycles. The van der Waals surface area contributed by atoms with Gasteiger partial charge in [-0.3, -0.25) is 0 Å². The molecule has 0 aliphatic rings. The molecule has 6 nitrogen and oxygen atoms in total. The monoisotopic (exact) mass is 464 g/mol. The van der Waals surface area contributed by atoms with Gasteiger partial charge >= 0.3 is 13.4 Å². The third-order valence-electron chi connectivity index (χ3n) is 2.79. The second-order valence-electron chi connectivity index (χ2n) is 4.87. The van der Waals surface area contributed by atoms with Crippen LogP contribution in [-0.2, 0) is 43.1 Å². The Labute approximate surface area is 164 Å². The molecule has 6 N–H and O–H groups in total. The van der Waals surface area contributed by atoms with E-state index in [4.69, 9.17) is 29.4 Å². The van der Waals surface area contributed by atoms with Gasteiger partial charge in [-0.1, -0.05) is 67.2 Å². The van der Waals surface area contributed by atoms with Crippen molar-refractivity contribution in [2.45, 2.75) is 67.2 Å². The minimum Gasteiger partial charge on any atom is -0.325 e. The van der Waals surface area contributed by atoms with E-state index < -0.39 is 13.4 Å². The van der Waals surface area contributed by atoms with Crippen molar-refractivity contribution < 1.29 is 48.8 Å². The Bertz CT molecular complexity index is 257. The smallest absolute Gasteiger partial charge is 0.319 e. The first-order chi connectivity index (χ1) is 9.62. The molecule has 0 unspecified atom stereocenters. The van der Waals surface area contributed by atoms with Crippen LogP contribution in [0.3, 0.4) is 0 Å². The Morgan fingerprint density at radius 1 is 0.609 bits per heavy atom. The summed E-state index contributed by atoms with van der Waals surface area (Å²) in [5.41, 5.74) is 0. The number of hydrogen-bond acceptors (Lipinski definition) is 2. The average molecular weight is 466 g/mol. The fraction of sp³-hybridized carbons (Fsp3) is 1.00. The van der Waals surface area contributed by atoms with Crippen LogP contribution in [0.2, 0.25) is 0 Å². The first-order valence-electron chi connectivity index (χ1n) is 7.18. The van der Waals surface area contributed by atoms with Crippen LogP contribution in [-0.4, -0.2) is 29.4 Å². The molecular formula is C12H34O6P2S2Zn. The SMILES string of the molecule is CCC(C)CC.CCC(C)CC.OP(O)(O)=S.OP(O)(O)=S.[Zn]. The molecule has 23 heavy (non-hydrogen) atoms. The fourth-order valence-corrected chi connectivity index (χ4v) is 0.577. The van der Waals surface area contributed by atoms with Crippen LogP contribution >= 0.6 is 13.4 Å². The fourth-order valence-electron chi connectivity index (χ4n) is 0.577. The van der Waals surface area contributed by atoms with Gasteiger partial charge in [-0.05, 0) is 35.4 Å². The van der Waals surface area contributed by atoms with Crippen molar-refractivity contribution in [3.8, 4) is 0 Å². The van der Waals surface area contributed by atoms with Crippen LogP contribution in [0.15, 0.2) is 0 Å². The molecule has 0 bridgehead atoms. The van der Waals surface area contributed by atoms with E-state index in [2.05, 4.69) is 65.2 Å². The van der Waals surface area contributed by atoms with Gasteiger partial charge in [0.15, 0.2) is 0 Å². The van der Waals surface area contributed by atoms with Crippen molar-refractivity contribution in [2.75, 3.05) is 0 Å². The molecule has 0 spiro atoms. The first-order valence-corrected chi connectivity index (χ1v) is 12.5. The molecule has 0 aliphatic carbocycles. The van der Waals surface area contributed by atoms with Crippen LogP contribution in [0.5, 0.6) is 0 Å². The van der Waals surface area contributed by atoms with Gasteiger partial charge in [0.05, 0.1) is 0 Å². The summed E-state index contributed by atoms with van der Waals surface area (Å²) in [7, 11) is 0. The summed E-state index contributed by atoms with van der Waals surface area (Å²) in [6, 6.07) is 0. The van der Waals surface area contributed by atoms with Crippen molar-refractivity contribution >= 4 is 37.1 Å². The van der Waals surface area contributed by atoms with Crippen molar-refractivity contribution in [3.63, 3.8) is 0 Å². The van der Waals surface area contributed by atoms with Crippen LogP contribution in [0.1, 0.15) is 67.2 Å². The summed E-state index contributed by atoms with van der Waals surface area (Å²) < 4.78 is 0. The zero-order chi connectivity index (χ0) is 19.0.